The number of rotatable bonds is 12. The Kier molecular flexibility index (Phi) is 8.78. The first kappa shape index (κ1) is 28.5. The summed E-state index contributed by atoms with van der Waals surface area (Å²) in [5.74, 6) is -1.10. The minimum absolute atomic E-state index is 0.00477. The molecule has 0 spiro atoms. The third-order valence-corrected chi connectivity index (χ3v) is 7.53. The van der Waals surface area contributed by atoms with Crippen LogP contribution in [0.15, 0.2) is 4.79 Å². The van der Waals surface area contributed by atoms with Gasteiger partial charge in [-0.25, -0.2) is 9.13 Å². The van der Waals surface area contributed by atoms with Crippen molar-refractivity contribution >= 4 is 39.1 Å². The van der Waals surface area contributed by atoms with Crippen molar-refractivity contribution in [1.29, 1.82) is 0 Å². The number of anilines is 3. The van der Waals surface area contributed by atoms with Crippen LogP contribution in [-0.2, 0) is 27.5 Å². The van der Waals surface area contributed by atoms with Crippen LogP contribution in [0.4, 0.5) is 17.5 Å². The summed E-state index contributed by atoms with van der Waals surface area (Å²) in [5, 5.41) is 29.7. The number of hydrogen-bond donors (Lipinski definition) is 8. The lowest BCUT2D eigenvalue weighted by Gasteiger charge is -2.28. The monoisotopic (exact) mass is 559 g/mol. The van der Waals surface area contributed by atoms with Gasteiger partial charge in [0.1, 0.15) is 24.0 Å². The molecule has 0 bridgehead atoms. The van der Waals surface area contributed by atoms with Crippen LogP contribution < -0.4 is 21.1 Å². The van der Waals surface area contributed by atoms with Gasteiger partial charge in [0.2, 0.25) is 5.95 Å². The van der Waals surface area contributed by atoms with Gasteiger partial charge < -0.3 is 50.3 Å². The van der Waals surface area contributed by atoms with Crippen molar-refractivity contribution in [2.45, 2.75) is 50.2 Å². The number of nitrogens with one attached hydrogen (secondary N) is 1. The molecule has 2 aliphatic heterocycles. The van der Waals surface area contributed by atoms with E-state index in [-0.39, 0.29) is 30.5 Å². The second kappa shape index (κ2) is 11.1. The normalized spacial score (nSPS) is 25.7. The van der Waals surface area contributed by atoms with Gasteiger partial charge in [-0.3, -0.25) is 19.1 Å². The number of aliphatic hydroxyl groups excluding tert-OH is 2. The van der Waals surface area contributed by atoms with Crippen LogP contribution in [0.2, 0.25) is 0 Å². The van der Waals surface area contributed by atoms with Gasteiger partial charge in [-0.15, -0.1) is 0 Å². The number of H-pyrrole nitrogens is 1. The molecule has 1 aromatic heterocycles. The molecule has 5 atom stereocenters. The molecule has 1 saturated heterocycles. The molecule has 9 N–H and O–H groups in total. The summed E-state index contributed by atoms with van der Waals surface area (Å²) in [6, 6.07) is 0. The third-order valence-electron chi connectivity index (χ3n) is 5.38. The minimum atomic E-state index is -5.36. The summed E-state index contributed by atoms with van der Waals surface area (Å²) in [4.78, 5) is 59.5. The van der Waals surface area contributed by atoms with E-state index < -0.39 is 58.3 Å². The van der Waals surface area contributed by atoms with E-state index in [9.17, 15) is 33.8 Å². The molecule has 0 saturated carbocycles. The molecule has 36 heavy (non-hydrogen) atoms. The molecule has 1 fully saturated rings. The van der Waals surface area contributed by atoms with Crippen molar-refractivity contribution in [1.82, 2.24) is 9.97 Å². The van der Waals surface area contributed by atoms with Crippen LogP contribution in [-0.4, -0.2) is 90.3 Å². The number of aromatic nitrogens is 2. The summed E-state index contributed by atoms with van der Waals surface area (Å²) < 4.78 is 36.2. The highest BCUT2D eigenvalue weighted by Crippen LogP contribution is 2.57. The SMILES string of the molecule is Nc1nc2c(c(=O)[nH]1)N(CCCCCC(=O)O)CN2[C@@H]1O[C@H](COP(=O)(O)OP(=O)(O)O)[C@@H](O)[C@@H]1O. The molecule has 3 rings (SSSR count). The lowest BCUT2D eigenvalue weighted by Crippen LogP contribution is -2.46. The van der Waals surface area contributed by atoms with Gasteiger partial charge in [-0.05, 0) is 12.8 Å². The molecular formula is C16H27N5O13P2. The maximum atomic E-state index is 12.6. The molecule has 1 aromatic rings. The van der Waals surface area contributed by atoms with Gasteiger partial charge in [-0.2, -0.15) is 9.29 Å². The molecule has 0 aliphatic carbocycles. The van der Waals surface area contributed by atoms with E-state index in [1.54, 1.807) is 4.90 Å². The highest BCUT2D eigenvalue weighted by atomic mass is 31.3. The number of nitrogens with two attached hydrogens (primary N) is 1. The number of nitrogen functional groups attached to an aromatic ring is 1. The average molecular weight is 559 g/mol. The number of carbonyl (C=O) groups is 1. The Bertz CT molecular complexity index is 1110. The third kappa shape index (κ3) is 7.01. The maximum absolute atomic E-state index is 12.6. The molecule has 18 nitrogen and oxygen atoms in total. The Morgan fingerprint density at radius 3 is 2.53 bits per heavy atom. The number of ether oxygens (including phenoxy) is 1. The number of fused-ring (bicyclic) bond motifs is 1. The Morgan fingerprint density at radius 1 is 1.19 bits per heavy atom. The first-order chi connectivity index (χ1) is 16.7. The van der Waals surface area contributed by atoms with Crippen LogP contribution in [0.25, 0.3) is 0 Å². The molecule has 0 amide bonds. The zero-order valence-electron chi connectivity index (χ0n) is 18.6. The predicted octanol–water partition coefficient (Wildman–Crippen LogP) is -1.75. The molecule has 3 heterocycles. The number of unbranched alkanes of at least 4 members (excludes halogenated alkanes) is 2. The number of hydrogen-bond acceptors (Lipinski definition) is 13. The van der Waals surface area contributed by atoms with E-state index in [1.165, 1.54) is 4.90 Å². The van der Waals surface area contributed by atoms with Crippen molar-refractivity contribution < 1.29 is 57.5 Å². The lowest BCUT2D eigenvalue weighted by molar-refractivity contribution is -0.137. The highest BCUT2D eigenvalue weighted by Gasteiger charge is 2.49. The summed E-state index contributed by atoms with van der Waals surface area (Å²) in [6.07, 6.45) is -4.50. The zero-order chi connectivity index (χ0) is 26.8. The lowest BCUT2D eigenvalue weighted by atomic mass is 10.1. The van der Waals surface area contributed by atoms with E-state index in [0.29, 0.717) is 25.8 Å². The van der Waals surface area contributed by atoms with Crippen molar-refractivity contribution in [2.24, 2.45) is 0 Å². The minimum Gasteiger partial charge on any atom is -0.481 e. The van der Waals surface area contributed by atoms with Crippen molar-refractivity contribution in [3.05, 3.63) is 10.4 Å². The molecule has 0 radical (unpaired) electrons. The van der Waals surface area contributed by atoms with Gasteiger partial charge in [0.25, 0.3) is 5.56 Å². The topological polar surface area (TPSA) is 279 Å². The molecule has 1 unspecified atom stereocenters. The summed E-state index contributed by atoms with van der Waals surface area (Å²) in [5.41, 5.74) is 5.20. The second-order valence-corrected chi connectivity index (χ2v) is 10.9. The largest absolute Gasteiger partial charge is 0.481 e. The first-order valence-electron chi connectivity index (χ1n) is 10.6. The quantitative estimate of drug-likeness (QED) is 0.104. The van der Waals surface area contributed by atoms with E-state index in [4.69, 9.17) is 25.4 Å². The number of carboxylic acids is 1. The van der Waals surface area contributed by atoms with E-state index in [1.807, 2.05) is 0 Å². The van der Waals surface area contributed by atoms with Crippen molar-refractivity contribution in [3.8, 4) is 0 Å². The van der Waals surface area contributed by atoms with Crippen molar-refractivity contribution in [3.63, 3.8) is 0 Å². The Hall–Kier alpha value is -2.11. The Labute approximate surface area is 203 Å². The Morgan fingerprint density at radius 2 is 1.89 bits per heavy atom. The number of phosphoric acid groups is 2. The zero-order valence-corrected chi connectivity index (χ0v) is 20.4. The molecule has 20 heteroatoms. The molecule has 0 aromatic carbocycles. The number of aliphatic carboxylic acids is 1. The summed E-state index contributed by atoms with van der Waals surface area (Å²) in [7, 11) is -10.6. The number of phosphoric ester groups is 1. The highest BCUT2D eigenvalue weighted by molar-refractivity contribution is 7.60. The second-order valence-electron chi connectivity index (χ2n) is 8.09. The number of aliphatic hydroxyl groups is 2. The smallest absolute Gasteiger partial charge is 0.481 e. The van der Waals surface area contributed by atoms with E-state index in [2.05, 4.69) is 18.8 Å². The fraction of sp³-hybridized carbons (Fsp3) is 0.688. The van der Waals surface area contributed by atoms with Crippen LogP contribution in [0.1, 0.15) is 25.7 Å². The Balaban J connectivity index is 1.72. The number of aromatic amines is 1. The fourth-order valence-corrected chi connectivity index (χ4v) is 5.47. The van der Waals surface area contributed by atoms with Crippen LogP contribution in [0.3, 0.4) is 0 Å². The average Bonchev–Trinajstić information content (AvgIpc) is 3.22. The van der Waals surface area contributed by atoms with E-state index in [0.717, 1.165) is 0 Å². The van der Waals surface area contributed by atoms with Crippen molar-refractivity contribution in [2.75, 3.05) is 35.4 Å². The fourth-order valence-electron chi connectivity index (χ4n) is 3.87. The molecular weight excluding hydrogens is 532 g/mol. The van der Waals surface area contributed by atoms with Gasteiger partial charge in [0, 0.05) is 13.0 Å². The van der Waals surface area contributed by atoms with E-state index >= 15 is 0 Å². The van der Waals surface area contributed by atoms with Gasteiger partial charge in [-0.1, -0.05) is 6.42 Å². The molecule has 2 aliphatic rings. The summed E-state index contributed by atoms with van der Waals surface area (Å²) >= 11 is 0. The van der Waals surface area contributed by atoms with Crippen LogP contribution >= 0.6 is 15.6 Å². The molecule has 204 valence electrons. The predicted molar refractivity (Wildman–Crippen MR) is 120 cm³/mol. The number of nitrogens with zero attached hydrogens (tertiary/aromatic N) is 3. The standard InChI is InChI=1S/C16H27N5O13P2/c17-16-18-13-10(14(26)19-16)20(5-3-1-2-4-9(22)23)7-21(13)15-12(25)11(24)8(33-15)6-32-36(30,31)34-35(27,28)29/h8,11-12,15,24-25H,1-7H2,(H,22,23)(H,30,31)(H2,27,28,29)(H3,17,18,19,26)/t8-,11-,12+,15-/m1/s1. The first-order valence-corrected chi connectivity index (χ1v) is 13.6. The van der Waals surface area contributed by atoms with Gasteiger partial charge in [0.05, 0.1) is 13.3 Å². The summed E-state index contributed by atoms with van der Waals surface area (Å²) in [6.45, 7) is -0.597. The maximum Gasteiger partial charge on any atom is 0.481 e. The number of carboxylic acid groups (broad SMARTS) is 1. The van der Waals surface area contributed by atoms with Gasteiger partial charge in [0.15, 0.2) is 12.0 Å². The van der Waals surface area contributed by atoms with Crippen LogP contribution in [0, 0.1) is 0 Å². The van der Waals surface area contributed by atoms with Crippen LogP contribution in [0.5, 0.6) is 0 Å². The van der Waals surface area contributed by atoms with Gasteiger partial charge >= 0.3 is 21.6 Å².